The third-order valence-electron chi connectivity index (χ3n) is 2.82. The van der Waals surface area contributed by atoms with Gasteiger partial charge in [-0.25, -0.2) is 13.2 Å². The van der Waals surface area contributed by atoms with Crippen molar-refractivity contribution in [2.45, 2.75) is 31.7 Å². The summed E-state index contributed by atoms with van der Waals surface area (Å²) in [5.41, 5.74) is 5.79. The average molecular weight is 261 g/mol. The van der Waals surface area contributed by atoms with Crippen LogP contribution >= 0.6 is 0 Å². The third kappa shape index (κ3) is 3.22. The summed E-state index contributed by atoms with van der Waals surface area (Å²) in [7, 11) is 0. The molecule has 1 aromatic carbocycles. The number of aliphatic carboxylic acids is 1. The number of nitrogens with two attached hydrogens (primary N) is 1. The summed E-state index contributed by atoms with van der Waals surface area (Å²) in [6.07, 6.45) is 0.0814. The van der Waals surface area contributed by atoms with E-state index in [1.807, 2.05) is 0 Å². The SMILES string of the molecule is CCC(N)C(CC(=O)O)c1cc(F)c(F)c(F)c1. The first-order valence-corrected chi connectivity index (χ1v) is 5.48. The maximum absolute atomic E-state index is 13.1. The van der Waals surface area contributed by atoms with Crippen LogP contribution in [-0.4, -0.2) is 17.1 Å². The fraction of sp³-hybridized carbons (Fsp3) is 0.417. The summed E-state index contributed by atoms with van der Waals surface area (Å²) in [6.45, 7) is 1.73. The topological polar surface area (TPSA) is 63.3 Å². The van der Waals surface area contributed by atoms with Gasteiger partial charge in [0.1, 0.15) is 0 Å². The van der Waals surface area contributed by atoms with Gasteiger partial charge in [-0.05, 0) is 24.1 Å². The maximum atomic E-state index is 13.1. The second-order valence-electron chi connectivity index (χ2n) is 4.07. The molecule has 0 radical (unpaired) electrons. The fourth-order valence-corrected chi connectivity index (χ4v) is 1.78. The Morgan fingerprint density at radius 3 is 2.22 bits per heavy atom. The van der Waals surface area contributed by atoms with Gasteiger partial charge in [0.2, 0.25) is 0 Å². The first kappa shape index (κ1) is 14.5. The van der Waals surface area contributed by atoms with Gasteiger partial charge in [0, 0.05) is 12.0 Å². The summed E-state index contributed by atoms with van der Waals surface area (Å²) in [5, 5.41) is 8.77. The van der Waals surface area contributed by atoms with Crippen LogP contribution in [0, 0.1) is 17.5 Å². The van der Waals surface area contributed by atoms with Crippen molar-refractivity contribution in [2.75, 3.05) is 0 Å². The standard InChI is InChI=1S/C12H14F3NO2/c1-2-10(16)7(5-11(17)18)6-3-8(13)12(15)9(14)4-6/h3-4,7,10H,2,5,16H2,1H3,(H,17,18). The monoisotopic (exact) mass is 261 g/mol. The van der Waals surface area contributed by atoms with Gasteiger partial charge in [-0.2, -0.15) is 0 Å². The van der Waals surface area contributed by atoms with Crippen molar-refractivity contribution in [3.05, 3.63) is 35.1 Å². The molecule has 0 amide bonds. The Hall–Kier alpha value is -1.56. The van der Waals surface area contributed by atoms with Crippen molar-refractivity contribution in [1.82, 2.24) is 0 Å². The molecule has 0 aliphatic carbocycles. The quantitative estimate of drug-likeness (QED) is 0.800. The van der Waals surface area contributed by atoms with E-state index in [-0.39, 0.29) is 12.0 Å². The molecule has 0 saturated carbocycles. The normalized spacial score (nSPS) is 14.3. The average Bonchev–Trinajstić information content (AvgIpc) is 2.31. The molecule has 0 spiro atoms. The molecule has 100 valence electrons. The molecule has 1 rings (SSSR count). The Morgan fingerprint density at radius 1 is 1.33 bits per heavy atom. The van der Waals surface area contributed by atoms with E-state index in [1.54, 1.807) is 6.92 Å². The lowest BCUT2D eigenvalue weighted by molar-refractivity contribution is -0.137. The maximum Gasteiger partial charge on any atom is 0.304 e. The molecule has 0 saturated heterocycles. The summed E-state index contributed by atoms with van der Waals surface area (Å²) < 4.78 is 39.0. The first-order chi connectivity index (χ1) is 8.36. The molecule has 0 heterocycles. The van der Waals surface area contributed by atoms with Gasteiger partial charge in [-0.15, -0.1) is 0 Å². The summed E-state index contributed by atoms with van der Waals surface area (Å²) in [6, 6.07) is 1.02. The van der Waals surface area contributed by atoms with Crippen LogP contribution in [0.1, 0.15) is 31.2 Å². The van der Waals surface area contributed by atoms with Gasteiger partial charge >= 0.3 is 5.97 Å². The predicted molar refractivity (Wildman–Crippen MR) is 59.6 cm³/mol. The van der Waals surface area contributed by atoms with Gasteiger partial charge in [-0.1, -0.05) is 6.92 Å². The molecule has 3 nitrogen and oxygen atoms in total. The zero-order valence-electron chi connectivity index (χ0n) is 9.79. The fourth-order valence-electron chi connectivity index (χ4n) is 1.78. The van der Waals surface area contributed by atoms with E-state index in [0.717, 1.165) is 12.1 Å². The van der Waals surface area contributed by atoms with Crippen LogP contribution in [0.5, 0.6) is 0 Å². The van der Waals surface area contributed by atoms with Crippen LogP contribution < -0.4 is 5.73 Å². The highest BCUT2D eigenvalue weighted by atomic mass is 19.2. The molecule has 1 aromatic rings. The van der Waals surface area contributed by atoms with Crippen LogP contribution in [0.25, 0.3) is 0 Å². The molecule has 0 bridgehead atoms. The van der Waals surface area contributed by atoms with Gasteiger partial charge in [0.05, 0.1) is 6.42 Å². The molecule has 6 heteroatoms. The molecule has 3 N–H and O–H groups in total. The molecule has 0 fully saturated rings. The van der Waals surface area contributed by atoms with E-state index in [9.17, 15) is 18.0 Å². The van der Waals surface area contributed by atoms with Crippen LogP contribution in [0.2, 0.25) is 0 Å². The zero-order valence-corrected chi connectivity index (χ0v) is 9.79. The van der Waals surface area contributed by atoms with Crippen molar-refractivity contribution in [3.8, 4) is 0 Å². The van der Waals surface area contributed by atoms with Gasteiger partial charge in [-0.3, -0.25) is 4.79 Å². The number of benzene rings is 1. The van der Waals surface area contributed by atoms with Crippen LogP contribution in [-0.2, 0) is 4.79 Å². The van der Waals surface area contributed by atoms with E-state index in [1.165, 1.54) is 0 Å². The predicted octanol–water partition coefficient (Wildman–Crippen LogP) is 2.40. The highest BCUT2D eigenvalue weighted by Crippen LogP contribution is 2.27. The second-order valence-corrected chi connectivity index (χ2v) is 4.07. The molecule has 18 heavy (non-hydrogen) atoms. The van der Waals surface area contributed by atoms with Crippen LogP contribution in [0.4, 0.5) is 13.2 Å². The van der Waals surface area contributed by atoms with E-state index in [2.05, 4.69) is 0 Å². The zero-order chi connectivity index (χ0) is 13.9. The number of hydrogen-bond acceptors (Lipinski definition) is 2. The molecule has 2 unspecified atom stereocenters. The Morgan fingerprint density at radius 2 is 1.83 bits per heavy atom. The Balaban J connectivity index is 3.16. The lowest BCUT2D eigenvalue weighted by Gasteiger charge is -2.22. The first-order valence-electron chi connectivity index (χ1n) is 5.48. The third-order valence-corrected chi connectivity index (χ3v) is 2.82. The highest BCUT2D eigenvalue weighted by molar-refractivity contribution is 5.68. The summed E-state index contributed by atoms with van der Waals surface area (Å²) in [4.78, 5) is 10.7. The van der Waals surface area contributed by atoms with Crippen molar-refractivity contribution in [1.29, 1.82) is 0 Å². The second kappa shape index (κ2) is 5.86. The number of halogens is 3. The lowest BCUT2D eigenvalue weighted by atomic mass is 9.87. The molecule has 0 aliphatic rings. The number of carboxylic acid groups (broad SMARTS) is 1. The Bertz CT molecular complexity index is 428. The smallest absolute Gasteiger partial charge is 0.304 e. The molecule has 0 aromatic heterocycles. The van der Waals surface area contributed by atoms with Gasteiger partial charge < -0.3 is 10.8 Å². The lowest BCUT2D eigenvalue weighted by Crippen LogP contribution is -2.29. The van der Waals surface area contributed by atoms with Crippen molar-refractivity contribution in [2.24, 2.45) is 5.73 Å². The minimum absolute atomic E-state index is 0.0585. The highest BCUT2D eigenvalue weighted by Gasteiger charge is 2.24. The van der Waals surface area contributed by atoms with Crippen molar-refractivity contribution < 1.29 is 23.1 Å². The summed E-state index contributed by atoms with van der Waals surface area (Å²) in [5.74, 6) is -6.14. The van der Waals surface area contributed by atoms with E-state index >= 15 is 0 Å². The van der Waals surface area contributed by atoms with Crippen LogP contribution in [0.3, 0.4) is 0 Å². The van der Waals surface area contributed by atoms with Gasteiger partial charge in [0.25, 0.3) is 0 Å². The molecule has 2 atom stereocenters. The Labute approximate surface area is 102 Å². The van der Waals surface area contributed by atoms with Crippen LogP contribution in [0.15, 0.2) is 12.1 Å². The minimum atomic E-state index is -1.57. The number of carboxylic acids is 1. The van der Waals surface area contributed by atoms with Gasteiger partial charge in [0.15, 0.2) is 17.5 Å². The summed E-state index contributed by atoms with van der Waals surface area (Å²) >= 11 is 0. The number of carbonyl (C=O) groups is 1. The van der Waals surface area contributed by atoms with E-state index < -0.39 is 35.4 Å². The number of rotatable bonds is 5. The van der Waals surface area contributed by atoms with E-state index in [4.69, 9.17) is 10.8 Å². The molecular weight excluding hydrogens is 247 g/mol. The Kier molecular flexibility index (Phi) is 4.72. The largest absolute Gasteiger partial charge is 0.481 e. The van der Waals surface area contributed by atoms with E-state index in [0.29, 0.717) is 6.42 Å². The van der Waals surface area contributed by atoms with Crippen molar-refractivity contribution in [3.63, 3.8) is 0 Å². The minimum Gasteiger partial charge on any atom is -0.481 e. The number of hydrogen-bond donors (Lipinski definition) is 2. The molecule has 0 aliphatic heterocycles. The molecular formula is C12H14F3NO2. The van der Waals surface area contributed by atoms with Crippen molar-refractivity contribution >= 4 is 5.97 Å².